The van der Waals surface area contributed by atoms with Crippen molar-refractivity contribution in [2.24, 2.45) is 0 Å². The molecule has 0 saturated carbocycles. The molecule has 4 heterocycles. The Labute approximate surface area is 179 Å². The summed E-state index contributed by atoms with van der Waals surface area (Å²) in [6, 6.07) is 8.01. The van der Waals surface area contributed by atoms with E-state index in [1.165, 1.54) is 18.3 Å². The Kier molecular flexibility index (Phi) is 5.15. The van der Waals surface area contributed by atoms with Crippen molar-refractivity contribution in [2.75, 3.05) is 22.1 Å². The lowest BCUT2D eigenvalue weighted by Crippen LogP contribution is -2.40. The molecule has 3 aromatic rings. The minimum atomic E-state index is -0.583. The molecule has 1 aliphatic carbocycles. The van der Waals surface area contributed by atoms with Gasteiger partial charge in [-0.2, -0.15) is 9.37 Å². The standard InChI is InChI=1S/C22H22FN7O/c23-18-10-9-14(13-25-18)26-21(31)17-7-4-12-30(17)22-27-16-6-3-5-15(16)20(29-22)28-19-8-1-2-11-24-19/h1-2,8-11,13,17H,3-7,12H2,(H,26,31)(H,24,27,28,29)/t17-/m1/s1. The van der Waals surface area contributed by atoms with Crippen molar-refractivity contribution < 1.29 is 9.18 Å². The van der Waals surface area contributed by atoms with Crippen molar-refractivity contribution in [3.63, 3.8) is 0 Å². The largest absolute Gasteiger partial charge is 0.329 e. The predicted octanol–water partition coefficient (Wildman–Crippen LogP) is 3.25. The molecule has 31 heavy (non-hydrogen) atoms. The van der Waals surface area contributed by atoms with Crippen molar-refractivity contribution in [3.8, 4) is 0 Å². The van der Waals surface area contributed by atoms with Gasteiger partial charge in [-0.15, -0.1) is 0 Å². The smallest absolute Gasteiger partial charge is 0.247 e. The molecule has 2 N–H and O–H groups in total. The Morgan fingerprint density at radius 3 is 2.84 bits per heavy atom. The molecule has 2 aliphatic rings. The van der Waals surface area contributed by atoms with Crippen LogP contribution in [0.1, 0.15) is 30.5 Å². The molecule has 1 atom stereocenters. The summed E-state index contributed by atoms with van der Waals surface area (Å²) >= 11 is 0. The Bertz CT molecular complexity index is 1090. The lowest BCUT2D eigenvalue weighted by molar-refractivity contribution is -0.117. The van der Waals surface area contributed by atoms with Crippen LogP contribution in [0.25, 0.3) is 0 Å². The molecule has 1 fully saturated rings. The lowest BCUT2D eigenvalue weighted by atomic mass is 10.2. The van der Waals surface area contributed by atoms with Gasteiger partial charge in [0.05, 0.1) is 17.6 Å². The highest BCUT2D eigenvalue weighted by Crippen LogP contribution is 2.32. The van der Waals surface area contributed by atoms with E-state index >= 15 is 0 Å². The van der Waals surface area contributed by atoms with Crippen molar-refractivity contribution in [3.05, 3.63) is 59.9 Å². The van der Waals surface area contributed by atoms with Gasteiger partial charge in [0.2, 0.25) is 17.8 Å². The van der Waals surface area contributed by atoms with Crippen molar-refractivity contribution in [2.45, 2.75) is 38.1 Å². The Balaban J connectivity index is 1.41. The second kappa shape index (κ2) is 8.25. The first-order valence-corrected chi connectivity index (χ1v) is 10.4. The van der Waals surface area contributed by atoms with Gasteiger partial charge in [0, 0.05) is 18.3 Å². The molecule has 5 rings (SSSR count). The summed E-state index contributed by atoms with van der Waals surface area (Å²) in [5.74, 6) is 1.27. The molecular weight excluding hydrogens is 397 g/mol. The topological polar surface area (TPSA) is 95.9 Å². The molecule has 1 saturated heterocycles. The van der Waals surface area contributed by atoms with E-state index in [9.17, 15) is 9.18 Å². The summed E-state index contributed by atoms with van der Waals surface area (Å²) < 4.78 is 13.1. The number of nitrogens with one attached hydrogen (secondary N) is 2. The number of pyridine rings is 2. The number of carbonyl (C=O) groups is 1. The number of nitrogens with zero attached hydrogens (tertiary/aromatic N) is 5. The van der Waals surface area contributed by atoms with E-state index in [1.54, 1.807) is 6.20 Å². The number of carbonyl (C=O) groups excluding carboxylic acids is 1. The maximum absolute atomic E-state index is 13.1. The Hall–Kier alpha value is -3.62. The van der Waals surface area contributed by atoms with Gasteiger partial charge in [-0.3, -0.25) is 4.79 Å². The van der Waals surface area contributed by atoms with E-state index in [0.717, 1.165) is 48.6 Å². The third-order valence-electron chi connectivity index (χ3n) is 5.64. The van der Waals surface area contributed by atoms with Crippen molar-refractivity contribution in [1.29, 1.82) is 0 Å². The number of fused-ring (bicyclic) bond motifs is 1. The summed E-state index contributed by atoms with van der Waals surface area (Å²) in [6.07, 6.45) is 7.46. The van der Waals surface area contributed by atoms with Gasteiger partial charge in [0.1, 0.15) is 17.7 Å². The van der Waals surface area contributed by atoms with Gasteiger partial charge in [0.15, 0.2) is 0 Å². The third kappa shape index (κ3) is 4.03. The molecule has 3 aromatic heterocycles. The first kappa shape index (κ1) is 19.3. The summed E-state index contributed by atoms with van der Waals surface area (Å²) in [7, 11) is 0. The molecule has 0 unspecified atom stereocenters. The van der Waals surface area contributed by atoms with Gasteiger partial charge >= 0.3 is 0 Å². The SMILES string of the molecule is O=C(Nc1ccc(F)nc1)[C@H]1CCCN1c1nc2c(c(Nc3ccccn3)n1)CCC2. The number of hydrogen-bond donors (Lipinski definition) is 2. The zero-order valence-corrected chi connectivity index (χ0v) is 16.9. The van der Waals surface area contributed by atoms with E-state index in [1.807, 2.05) is 23.1 Å². The number of aromatic nitrogens is 4. The normalized spacial score (nSPS) is 17.5. The summed E-state index contributed by atoms with van der Waals surface area (Å²) in [5, 5.41) is 6.15. The molecule has 0 spiro atoms. The Morgan fingerprint density at radius 1 is 1.10 bits per heavy atom. The van der Waals surface area contributed by atoms with E-state index in [-0.39, 0.29) is 5.91 Å². The molecule has 1 amide bonds. The van der Waals surface area contributed by atoms with Crippen LogP contribution in [0.2, 0.25) is 0 Å². The van der Waals surface area contributed by atoms with Gasteiger partial charge in [0.25, 0.3) is 0 Å². The number of rotatable bonds is 5. The molecule has 8 nitrogen and oxygen atoms in total. The average Bonchev–Trinajstić information content (AvgIpc) is 3.45. The highest BCUT2D eigenvalue weighted by atomic mass is 19.1. The molecule has 0 bridgehead atoms. The monoisotopic (exact) mass is 419 g/mol. The van der Waals surface area contributed by atoms with Crippen LogP contribution in [0, 0.1) is 5.95 Å². The van der Waals surface area contributed by atoms with Gasteiger partial charge < -0.3 is 15.5 Å². The van der Waals surface area contributed by atoms with E-state index < -0.39 is 12.0 Å². The minimum absolute atomic E-state index is 0.172. The molecule has 0 aromatic carbocycles. The number of halogens is 1. The minimum Gasteiger partial charge on any atom is -0.329 e. The fraction of sp³-hybridized carbons (Fsp3) is 0.318. The summed E-state index contributed by atoms with van der Waals surface area (Å²) in [6.45, 7) is 0.696. The predicted molar refractivity (Wildman–Crippen MR) is 115 cm³/mol. The first-order valence-electron chi connectivity index (χ1n) is 10.4. The zero-order valence-electron chi connectivity index (χ0n) is 16.9. The number of hydrogen-bond acceptors (Lipinski definition) is 7. The van der Waals surface area contributed by atoms with Crippen LogP contribution in [-0.2, 0) is 17.6 Å². The number of aryl methyl sites for hydroxylation is 1. The van der Waals surface area contributed by atoms with Crippen LogP contribution >= 0.6 is 0 Å². The van der Waals surface area contributed by atoms with Crippen LogP contribution in [0.5, 0.6) is 0 Å². The second-order valence-electron chi connectivity index (χ2n) is 7.70. The molecule has 0 radical (unpaired) electrons. The zero-order chi connectivity index (χ0) is 21.2. The van der Waals surface area contributed by atoms with Crippen LogP contribution in [0.4, 0.5) is 27.7 Å². The van der Waals surface area contributed by atoms with Crippen LogP contribution in [-0.4, -0.2) is 38.4 Å². The maximum Gasteiger partial charge on any atom is 0.247 e. The van der Waals surface area contributed by atoms with Gasteiger partial charge in [-0.1, -0.05) is 6.07 Å². The molecule has 9 heteroatoms. The third-order valence-corrected chi connectivity index (χ3v) is 5.64. The fourth-order valence-electron chi connectivity index (χ4n) is 4.16. The highest BCUT2D eigenvalue weighted by Gasteiger charge is 2.34. The number of amides is 1. The van der Waals surface area contributed by atoms with Crippen molar-refractivity contribution >= 4 is 29.2 Å². The maximum atomic E-state index is 13.1. The van der Waals surface area contributed by atoms with Gasteiger partial charge in [-0.05, 0) is 56.4 Å². The van der Waals surface area contributed by atoms with E-state index in [2.05, 4.69) is 20.6 Å². The van der Waals surface area contributed by atoms with Crippen LogP contribution in [0.15, 0.2) is 42.7 Å². The molecule has 158 valence electrons. The average molecular weight is 419 g/mol. The molecule has 1 aliphatic heterocycles. The summed E-state index contributed by atoms with van der Waals surface area (Å²) in [4.78, 5) is 32.4. The highest BCUT2D eigenvalue weighted by molar-refractivity contribution is 5.96. The van der Waals surface area contributed by atoms with E-state index in [0.29, 0.717) is 24.6 Å². The second-order valence-corrected chi connectivity index (χ2v) is 7.70. The van der Waals surface area contributed by atoms with Crippen LogP contribution in [0.3, 0.4) is 0 Å². The fourth-order valence-corrected chi connectivity index (χ4v) is 4.16. The number of anilines is 4. The molecular formula is C22H22FN7O. The van der Waals surface area contributed by atoms with Gasteiger partial charge in [-0.25, -0.2) is 15.0 Å². The summed E-state index contributed by atoms with van der Waals surface area (Å²) in [5.41, 5.74) is 2.61. The van der Waals surface area contributed by atoms with Crippen molar-refractivity contribution in [1.82, 2.24) is 19.9 Å². The lowest BCUT2D eigenvalue weighted by Gasteiger charge is -2.25. The quantitative estimate of drug-likeness (QED) is 0.613. The van der Waals surface area contributed by atoms with Crippen LogP contribution < -0.4 is 15.5 Å². The first-order chi connectivity index (χ1) is 15.2. The van der Waals surface area contributed by atoms with E-state index in [4.69, 9.17) is 9.97 Å². The Morgan fingerprint density at radius 2 is 2.03 bits per heavy atom.